The largest absolute Gasteiger partial charge is 0.376 e. The maximum absolute atomic E-state index is 12.2. The first-order valence-corrected chi connectivity index (χ1v) is 8.63. The molecule has 124 valence electrons. The van der Waals surface area contributed by atoms with Crippen molar-refractivity contribution in [1.82, 2.24) is 9.88 Å². The molecule has 3 aliphatic rings. The number of amides is 1. The number of carbonyl (C=O) groups is 1. The fourth-order valence-electron chi connectivity index (χ4n) is 3.64. The number of hydrogen-bond donors (Lipinski definition) is 0. The SMILES string of the molecule is O=C(CC1CC1)N1CC2(C1)OCC[C@H]2COCc1ccncc1. The average molecular weight is 316 g/mol. The quantitative estimate of drug-likeness (QED) is 0.806. The summed E-state index contributed by atoms with van der Waals surface area (Å²) in [5, 5.41) is 0. The molecule has 2 saturated heterocycles. The topological polar surface area (TPSA) is 51.7 Å². The molecular formula is C18H24N2O3. The molecule has 3 fully saturated rings. The maximum atomic E-state index is 12.2. The van der Waals surface area contributed by atoms with Gasteiger partial charge < -0.3 is 14.4 Å². The van der Waals surface area contributed by atoms with Gasteiger partial charge in [-0.2, -0.15) is 0 Å². The Morgan fingerprint density at radius 1 is 1.30 bits per heavy atom. The zero-order valence-corrected chi connectivity index (χ0v) is 13.4. The van der Waals surface area contributed by atoms with Crippen LogP contribution >= 0.6 is 0 Å². The van der Waals surface area contributed by atoms with Crippen molar-refractivity contribution in [2.45, 2.75) is 37.9 Å². The molecule has 1 spiro atoms. The minimum atomic E-state index is -0.141. The van der Waals surface area contributed by atoms with E-state index in [1.807, 2.05) is 17.0 Å². The van der Waals surface area contributed by atoms with Crippen LogP contribution in [-0.2, 0) is 20.9 Å². The first kappa shape index (κ1) is 15.1. The fraction of sp³-hybridized carbons (Fsp3) is 0.667. The van der Waals surface area contributed by atoms with Crippen molar-refractivity contribution in [2.24, 2.45) is 11.8 Å². The highest BCUT2D eigenvalue weighted by atomic mass is 16.5. The van der Waals surface area contributed by atoms with Crippen LogP contribution in [0.1, 0.15) is 31.2 Å². The van der Waals surface area contributed by atoms with Crippen molar-refractivity contribution in [2.75, 3.05) is 26.3 Å². The van der Waals surface area contributed by atoms with Crippen LogP contribution in [0.4, 0.5) is 0 Å². The predicted molar refractivity (Wildman–Crippen MR) is 84.6 cm³/mol. The van der Waals surface area contributed by atoms with E-state index >= 15 is 0 Å². The number of pyridine rings is 1. The molecule has 2 aliphatic heterocycles. The molecule has 0 N–H and O–H groups in total. The summed E-state index contributed by atoms with van der Waals surface area (Å²) >= 11 is 0. The van der Waals surface area contributed by atoms with Gasteiger partial charge in [0, 0.05) is 31.3 Å². The van der Waals surface area contributed by atoms with E-state index in [0.717, 1.165) is 38.1 Å². The van der Waals surface area contributed by atoms with E-state index in [9.17, 15) is 4.79 Å². The number of rotatable bonds is 6. The van der Waals surface area contributed by atoms with Crippen LogP contribution < -0.4 is 0 Å². The monoisotopic (exact) mass is 316 g/mol. The first-order valence-electron chi connectivity index (χ1n) is 8.63. The Morgan fingerprint density at radius 3 is 2.83 bits per heavy atom. The van der Waals surface area contributed by atoms with Gasteiger partial charge in [-0.05, 0) is 42.9 Å². The van der Waals surface area contributed by atoms with Gasteiger partial charge in [0.25, 0.3) is 0 Å². The predicted octanol–water partition coefficient (Wildman–Crippen LogP) is 2.02. The summed E-state index contributed by atoms with van der Waals surface area (Å²) in [4.78, 5) is 18.1. The smallest absolute Gasteiger partial charge is 0.223 e. The lowest BCUT2D eigenvalue weighted by Gasteiger charge is -2.50. The zero-order chi connectivity index (χ0) is 15.7. The third-order valence-corrected chi connectivity index (χ3v) is 5.37. The second-order valence-electron chi connectivity index (χ2n) is 7.17. The summed E-state index contributed by atoms with van der Waals surface area (Å²) in [6, 6.07) is 3.95. The average Bonchev–Trinajstić information content (AvgIpc) is 3.23. The zero-order valence-electron chi connectivity index (χ0n) is 13.4. The third kappa shape index (κ3) is 3.26. The van der Waals surface area contributed by atoms with Crippen LogP contribution in [0.15, 0.2) is 24.5 Å². The molecule has 0 radical (unpaired) electrons. The van der Waals surface area contributed by atoms with Crippen molar-refractivity contribution in [1.29, 1.82) is 0 Å². The molecule has 5 heteroatoms. The second kappa shape index (κ2) is 6.21. The van der Waals surface area contributed by atoms with Gasteiger partial charge in [0.05, 0.1) is 26.3 Å². The second-order valence-corrected chi connectivity index (χ2v) is 7.17. The lowest BCUT2D eigenvalue weighted by molar-refractivity contribution is -0.169. The minimum Gasteiger partial charge on any atom is -0.376 e. The molecule has 23 heavy (non-hydrogen) atoms. The fourth-order valence-corrected chi connectivity index (χ4v) is 3.64. The van der Waals surface area contributed by atoms with Gasteiger partial charge in [-0.3, -0.25) is 9.78 Å². The van der Waals surface area contributed by atoms with Crippen molar-refractivity contribution in [3.63, 3.8) is 0 Å². The highest BCUT2D eigenvalue weighted by molar-refractivity contribution is 5.78. The summed E-state index contributed by atoms with van der Waals surface area (Å²) in [6.45, 7) is 3.60. The van der Waals surface area contributed by atoms with Gasteiger partial charge in [-0.15, -0.1) is 0 Å². The van der Waals surface area contributed by atoms with E-state index in [1.165, 1.54) is 12.8 Å². The molecule has 0 aromatic carbocycles. The summed E-state index contributed by atoms with van der Waals surface area (Å²) < 4.78 is 11.9. The van der Waals surface area contributed by atoms with Crippen LogP contribution in [-0.4, -0.2) is 47.7 Å². The Hall–Kier alpha value is -1.46. The molecule has 1 aromatic rings. The number of nitrogens with zero attached hydrogens (tertiary/aromatic N) is 2. The molecule has 1 amide bonds. The van der Waals surface area contributed by atoms with E-state index in [2.05, 4.69) is 4.98 Å². The molecule has 4 rings (SSSR count). The molecule has 0 unspecified atom stereocenters. The Kier molecular flexibility index (Phi) is 4.07. The highest BCUT2D eigenvalue weighted by Gasteiger charge is 2.54. The lowest BCUT2D eigenvalue weighted by Crippen LogP contribution is -2.66. The molecule has 1 aliphatic carbocycles. The first-order chi connectivity index (χ1) is 11.3. The molecule has 3 heterocycles. The van der Waals surface area contributed by atoms with Gasteiger partial charge in [0.2, 0.25) is 5.91 Å². The van der Waals surface area contributed by atoms with E-state index < -0.39 is 0 Å². The summed E-state index contributed by atoms with van der Waals surface area (Å²) in [5.41, 5.74) is 1.00. The number of hydrogen-bond acceptors (Lipinski definition) is 4. The van der Waals surface area contributed by atoms with Crippen LogP contribution in [0.25, 0.3) is 0 Å². The number of aromatic nitrogens is 1. The molecule has 1 saturated carbocycles. The van der Waals surface area contributed by atoms with Gasteiger partial charge in [0.15, 0.2) is 0 Å². The van der Waals surface area contributed by atoms with Gasteiger partial charge >= 0.3 is 0 Å². The Labute approximate surface area is 137 Å². The molecule has 1 atom stereocenters. The van der Waals surface area contributed by atoms with Crippen LogP contribution in [0.2, 0.25) is 0 Å². The standard InChI is InChI=1S/C18H24N2O3/c21-17(9-14-1-2-14)20-12-18(13-20)16(5-8-23-18)11-22-10-15-3-6-19-7-4-15/h3-4,6-7,14,16H,1-2,5,8-13H2/t16-/m0/s1. The van der Waals surface area contributed by atoms with Crippen LogP contribution in [0.3, 0.4) is 0 Å². The number of ether oxygens (including phenoxy) is 2. The Balaban J connectivity index is 1.25. The third-order valence-electron chi connectivity index (χ3n) is 5.37. The van der Waals surface area contributed by atoms with Crippen LogP contribution in [0, 0.1) is 11.8 Å². The van der Waals surface area contributed by atoms with Crippen molar-refractivity contribution >= 4 is 5.91 Å². The van der Waals surface area contributed by atoms with Gasteiger partial charge in [-0.1, -0.05) is 0 Å². The van der Waals surface area contributed by atoms with E-state index in [1.54, 1.807) is 12.4 Å². The van der Waals surface area contributed by atoms with Crippen molar-refractivity contribution in [3.05, 3.63) is 30.1 Å². The highest BCUT2D eigenvalue weighted by Crippen LogP contribution is 2.41. The van der Waals surface area contributed by atoms with Gasteiger partial charge in [-0.25, -0.2) is 0 Å². The normalized spacial score (nSPS) is 25.6. The Morgan fingerprint density at radius 2 is 2.09 bits per heavy atom. The molecule has 5 nitrogen and oxygen atoms in total. The lowest BCUT2D eigenvalue weighted by atomic mass is 9.81. The summed E-state index contributed by atoms with van der Waals surface area (Å²) in [7, 11) is 0. The molecular weight excluding hydrogens is 292 g/mol. The number of likely N-dealkylation sites (tertiary alicyclic amines) is 1. The number of carbonyl (C=O) groups excluding carboxylic acids is 1. The summed E-state index contributed by atoms with van der Waals surface area (Å²) in [5.74, 6) is 1.36. The van der Waals surface area contributed by atoms with E-state index in [4.69, 9.17) is 9.47 Å². The van der Waals surface area contributed by atoms with E-state index in [0.29, 0.717) is 31.0 Å². The van der Waals surface area contributed by atoms with Crippen molar-refractivity contribution < 1.29 is 14.3 Å². The maximum Gasteiger partial charge on any atom is 0.223 e. The van der Waals surface area contributed by atoms with Gasteiger partial charge in [0.1, 0.15) is 5.60 Å². The van der Waals surface area contributed by atoms with Crippen LogP contribution in [0.5, 0.6) is 0 Å². The van der Waals surface area contributed by atoms with E-state index in [-0.39, 0.29) is 5.60 Å². The Bertz CT molecular complexity index is 553. The molecule has 1 aromatic heterocycles. The summed E-state index contributed by atoms with van der Waals surface area (Å²) in [6.07, 6.45) is 7.79. The van der Waals surface area contributed by atoms with Crippen molar-refractivity contribution in [3.8, 4) is 0 Å². The minimum absolute atomic E-state index is 0.141. The molecule has 0 bridgehead atoms.